The molecule has 1 fully saturated rings. The van der Waals surface area contributed by atoms with Crippen LogP contribution < -0.4 is 10.2 Å². The van der Waals surface area contributed by atoms with Crippen molar-refractivity contribution in [3.63, 3.8) is 0 Å². The van der Waals surface area contributed by atoms with Crippen LogP contribution in [0.25, 0.3) is 0 Å². The van der Waals surface area contributed by atoms with E-state index >= 15 is 0 Å². The van der Waals surface area contributed by atoms with E-state index in [2.05, 4.69) is 20.2 Å². The van der Waals surface area contributed by atoms with Crippen LogP contribution in [0, 0.1) is 6.92 Å². The van der Waals surface area contributed by atoms with Gasteiger partial charge in [-0.15, -0.1) is 0 Å². The normalized spacial score (nSPS) is 15.0. The zero-order chi connectivity index (χ0) is 15.5. The van der Waals surface area contributed by atoms with Crippen LogP contribution in [0.4, 0.5) is 17.5 Å². The summed E-state index contributed by atoms with van der Waals surface area (Å²) in [5.74, 6) is 1.39. The Labute approximate surface area is 139 Å². The van der Waals surface area contributed by atoms with E-state index in [9.17, 15) is 0 Å². The first-order valence-corrected chi connectivity index (χ1v) is 7.78. The van der Waals surface area contributed by atoms with Crippen LogP contribution in [-0.2, 0) is 4.74 Å². The van der Waals surface area contributed by atoms with Crippen LogP contribution in [0.3, 0.4) is 0 Å². The minimum atomic E-state index is 0.591. The Morgan fingerprint density at radius 3 is 2.68 bits per heavy atom. The van der Waals surface area contributed by atoms with Gasteiger partial charge in [0, 0.05) is 29.9 Å². The smallest absolute Gasteiger partial charge is 0.227 e. The lowest BCUT2D eigenvalue weighted by molar-refractivity contribution is 0.122. The molecule has 2 heterocycles. The number of aromatic nitrogens is 2. The second-order valence-corrected chi connectivity index (χ2v) is 5.89. The summed E-state index contributed by atoms with van der Waals surface area (Å²) in [6.07, 6.45) is 0. The number of hydrogen-bond donors (Lipinski definition) is 1. The maximum absolute atomic E-state index is 6.18. The van der Waals surface area contributed by atoms with E-state index < -0.39 is 0 Å². The Kier molecular flexibility index (Phi) is 4.66. The number of aryl methyl sites for hydroxylation is 1. The highest BCUT2D eigenvalue weighted by Crippen LogP contribution is 2.28. The Balaban J connectivity index is 1.87. The first-order chi connectivity index (χ1) is 10.6. The fraction of sp³-hybridized carbons (Fsp3) is 0.333. The molecule has 116 valence electrons. The van der Waals surface area contributed by atoms with Gasteiger partial charge in [0.15, 0.2) is 0 Å². The zero-order valence-electron chi connectivity index (χ0n) is 12.1. The van der Waals surface area contributed by atoms with Crippen molar-refractivity contribution in [1.29, 1.82) is 0 Å². The van der Waals surface area contributed by atoms with Crippen molar-refractivity contribution in [2.75, 3.05) is 36.5 Å². The number of nitrogens with zero attached hydrogens (tertiary/aromatic N) is 3. The molecular formula is C15H16Cl2N4O. The first kappa shape index (κ1) is 15.3. The molecular weight excluding hydrogens is 323 g/mol. The van der Waals surface area contributed by atoms with Crippen molar-refractivity contribution >= 4 is 40.7 Å². The molecule has 1 aromatic carbocycles. The van der Waals surface area contributed by atoms with Gasteiger partial charge in [0.05, 0.1) is 23.9 Å². The van der Waals surface area contributed by atoms with Crippen molar-refractivity contribution in [3.05, 3.63) is 40.0 Å². The van der Waals surface area contributed by atoms with Gasteiger partial charge in [-0.1, -0.05) is 23.2 Å². The number of rotatable bonds is 3. The molecule has 1 saturated heterocycles. The summed E-state index contributed by atoms with van der Waals surface area (Å²) in [4.78, 5) is 11.2. The maximum atomic E-state index is 6.18. The average molecular weight is 339 g/mol. The minimum Gasteiger partial charge on any atom is -0.378 e. The predicted molar refractivity (Wildman–Crippen MR) is 89.5 cm³/mol. The number of nitrogens with one attached hydrogen (secondary N) is 1. The highest BCUT2D eigenvalue weighted by molar-refractivity contribution is 6.35. The van der Waals surface area contributed by atoms with Gasteiger partial charge in [-0.25, -0.2) is 4.98 Å². The van der Waals surface area contributed by atoms with Crippen molar-refractivity contribution in [1.82, 2.24) is 9.97 Å². The minimum absolute atomic E-state index is 0.591. The van der Waals surface area contributed by atoms with E-state index in [-0.39, 0.29) is 0 Å². The molecule has 0 spiro atoms. The molecule has 7 heteroatoms. The van der Waals surface area contributed by atoms with Crippen LogP contribution >= 0.6 is 23.2 Å². The Hall–Kier alpha value is -1.56. The third kappa shape index (κ3) is 3.61. The van der Waals surface area contributed by atoms with Crippen LogP contribution in [0.2, 0.25) is 10.0 Å². The summed E-state index contributed by atoms with van der Waals surface area (Å²) in [6, 6.07) is 7.15. The second-order valence-electron chi connectivity index (χ2n) is 5.04. The molecule has 0 unspecified atom stereocenters. The molecule has 5 nitrogen and oxygen atoms in total. The van der Waals surface area contributed by atoms with Gasteiger partial charge in [0.1, 0.15) is 5.82 Å². The molecule has 22 heavy (non-hydrogen) atoms. The monoisotopic (exact) mass is 338 g/mol. The van der Waals surface area contributed by atoms with Gasteiger partial charge in [-0.3, -0.25) is 0 Å². The van der Waals surface area contributed by atoms with Crippen molar-refractivity contribution in [2.45, 2.75) is 6.92 Å². The van der Waals surface area contributed by atoms with E-state index in [1.165, 1.54) is 0 Å². The molecule has 1 aliphatic rings. The Morgan fingerprint density at radius 2 is 1.91 bits per heavy atom. The molecule has 1 aliphatic heterocycles. The maximum Gasteiger partial charge on any atom is 0.227 e. The predicted octanol–water partition coefficient (Wildman–Crippen LogP) is 3.67. The summed E-state index contributed by atoms with van der Waals surface area (Å²) >= 11 is 12.2. The summed E-state index contributed by atoms with van der Waals surface area (Å²) in [5.41, 5.74) is 1.61. The quantitative estimate of drug-likeness (QED) is 0.925. The largest absolute Gasteiger partial charge is 0.378 e. The fourth-order valence-corrected chi connectivity index (χ4v) is 2.59. The van der Waals surface area contributed by atoms with Gasteiger partial charge in [0.25, 0.3) is 0 Å². The third-order valence-electron chi connectivity index (χ3n) is 3.33. The Bertz CT molecular complexity index is 675. The van der Waals surface area contributed by atoms with Crippen LogP contribution in [0.15, 0.2) is 24.3 Å². The van der Waals surface area contributed by atoms with Gasteiger partial charge < -0.3 is 15.0 Å². The van der Waals surface area contributed by atoms with E-state index in [4.69, 9.17) is 27.9 Å². The van der Waals surface area contributed by atoms with E-state index in [1.54, 1.807) is 18.2 Å². The second kappa shape index (κ2) is 6.69. The molecule has 0 bridgehead atoms. The lowest BCUT2D eigenvalue weighted by Crippen LogP contribution is -2.37. The van der Waals surface area contributed by atoms with Gasteiger partial charge in [-0.05, 0) is 25.1 Å². The Morgan fingerprint density at radius 1 is 1.14 bits per heavy atom. The number of morpholine rings is 1. The number of anilines is 3. The highest BCUT2D eigenvalue weighted by atomic mass is 35.5. The number of ether oxygens (including phenoxy) is 1. The van der Waals surface area contributed by atoms with E-state index in [0.717, 1.165) is 24.5 Å². The number of benzene rings is 1. The molecule has 0 atom stereocenters. The summed E-state index contributed by atoms with van der Waals surface area (Å²) in [6.45, 7) is 4.92. The third-order valence-corrected chi connectivity index (χ3v) is 3.89. The number of halogens is 2. The lowest BCUT2D eigenvalue weighted by Gasteiger charge is -2.27. The molecule has 0 saturated carbocycles. The summed E-state index contributed by atoms with van der Waals surface area (Å²) in [5, 5.41) is 4.42. The number of hydrogen-bond acceptors (Lipinski definition) is 5. The van der Waals surface area contributed by atoms with Crippen molar-refractivity contribution in [2.24, 2.45) is 0 Å². The highest BCUT2D eigenvalue weighted by Gasteiger charge is 2.15. The standard InChI is InChI=1S/C15H16Cl2N4O/c1-10-8-14(19-13-9-11(16)2-3-12(13)17)20-15(18-10)21-4-6-22-7-5-21/h2-3,8-9H,4-7H2,1H3,(H,18,19,20). The molecule has 2 aromatic rings. The van der Waals surface area contributed by atoms with E-state index in [1.807, 2.05) is 13.0 Å². The first-order valence-electron chi connectivity index (χ1n) is 7.02. The summed E-state index contributed by atoms with van der Waals surface area (Å²) in [7, 11) is 0. The molecule has 0 radical (unpaired) electrons. The lowest BCUT2D eigenvalue weighted by atomic mass is 10.3. The van der Waals surface area contributed by atoms with Crippen LogP contribution in [0.1, 0.15) is 5.69 Å². The molecule has 0 amide bonds. The zero-order valence-corrected chi connectivity index (χ0v) is 13.7. The SMILES string of the molecule is Cc1cc(Nc2cc(Cl)ccc2Cl)nc(N2CCOCC2)n1. The average Bonchev–Trinajstić information content (AvgIpc) is 2.51. The van der Waals surface area contributed by atoms with Gasteiger partial charge in [0.2, 0.25) is 5.95 Å². The topological polar surface area (TPSA) is 50.3 Å². The van der Waals surface area contributed by atoms with Gasteiger partial charge >= 0.3 is 0 Å². The fourth-order valence-electron chi connectivity index (χ4n) is 2.25. The molecule has 0 aliphatic carbocycles. The molecule has 1 N–H and O–H groups in total. The van der Waals surface area contributed by atoms with Crippen LogP contribution in [-0.4, -0.2) is 36.3 Å². The van der Waals surface area contributed by atoms with Crippen molar-refractivity contribution < 1.29 is 4.74 Å². The van der Waals surface area contributed by atoms with E-state index in [0.29, 0.717) is 35.0 Å². The van der Waals surface area contributed by atoms with Gasteiger partial charge in [-0.2, -0.15) is 4.98 Å². The summed E-state index contributed by atoms with van der Waals surface area (Å²) < 4.78 is 5.36. The van der Waals surface area contributed by atoms with Crippen molar-refractivity contribution in [3.8, 4) is 0 Å². The van der Waals surface area contributed by atoms with Crippen LogP contribution in [0.5, 0.6) is 0 Å². The molecule has 3 rings (SSSR count). The molecule has 1 aromatic heterocycles.